The Morgan fingerprint density at radius 2 is 2.14 bits per heavy atom. The molecule has 0 amide bonds. The molecule has 1 aromatic heterocycles. The summed E-state index contributed by atoms with van der Waals surface area (Å²) < 4.78 is 1.42. The van der Waals surface area contributed by atoms with Crippen molar-refractivity contribution in [2.75, 3.05) is 11.9 Å². The second kappa shape index (κ2) is 7.27. The van der Waals surface area contributed by atoms with Gasteiger partial charge < -0.3 is 11.1 Å². The van der Waals surface area contributed by atoms with Crippen LogP contribution in [0, 0.1) is 11.8 Å². The number of hydrogen-bond acceptors (Lipinski definition) is 4. The normalized spacial score (nSPS) is 17.4. The number of hydrogen-bond donors (Lipinski definition) is 2. The van der Waals surface area contributed by atoms with E-state index >= 15 is 0 Å². The molecule has 0 spiro atoms. The van der Waals surface area contributed by atoms with E-state index in [-0.39, 0.29) is 16.6 Å². The SMILES string of the molecule is CC(C)Cn1ncc(NC(CN)C2CCCC2)c(Cl)c1=O. The smallest absolute Gasteiger partial charge is 0.287 e. The number of halogens is 1. The van der Waals surface area contributed by atoms with Gasteiger partial charge in [0.2, 0.25) is 0 Å². The van der Waals surface area contributed by atoms with Gasteiger partial charge in [-0.15, -0.1) is 0 Å². The summed E-state index contributed by atoms with van der Waals surface area (Å²) in [5.74, 6) is 0.907. The fraction of sp³-hybridized carbons (Fsp3) is 0.733. The summed E-state index contributed by atoms with van der Waals surface area (Å²) in [4.78, 5) is 12.2. The van der Waals surface area contributed by atoms with Crippen molar-refractivity contribution < 1.29 is 0 Å². The highest BCUT2D eigenvalue weighted by atomic mass is 35.5. The van der Waals surface area contributed by atoms with Gasteiger partial charge >= 0.3 is 0 Å². The van der Waals surface area contributed by atoms with Crippen molar-refractivity contribution in [3.63, 3.8) is 0 Å². The van der Waals surface area contributed by atoms with Crippen LogP contribution in [-0.2, 0) is 6.54 Å². The Hall–Kier alpha value is -1.07. The molecule has 0 bridgehead atoms. The maximum absolute atomic E-state index is 12.2. The van der Waals surface area contributed by atoms with Crippen LogP contribution in [0.1, 0.15) is 39.5 Å². The molecule has 1 aliphatic carbocycles. The Morgan fingerprint density at radius 3 is 2.71 bits per heavy atom. The van der Waals surface area contributed by atoms with Crippen LogP contribution in [0.3, 0.4) is 0 Å². The van der Waals surface area contributed by atoms with E-state index in [0.717, 1.165) is 0 Å². The quantitative estimate of drug-likeness (QED) is 0.846. The summed E-state index contributed by atoms with van der Waals surface area (Å²) in [6.45, 7) is 5.19. The van der Waals surface area contributed by atoms with Crippen LogP contribution in [0.25, 0.3) is 0 Å². The van der Waals surface area contributed by atoms with Crippen LogP contribution in [0.15, 0.2) is 11.0 Å². The van der Waals surface area contributed by atoms with Crippen LogP contribution in [0.5, 0.6) is 0 Å². The number of nitrogens with two attached hydrogens (primary N) is 1. The largest absolute Gasteiger partial charge is 0.378 e. The third-order valence-corrected chi connectivity index (χ3v) is 4.45. The third-order valence-electron chi connectivity index (χ3n) is 4.09. The molecule has 0 saturated heterocycles. The molecule has 1 aromatic rings. The number of aromatic nitrogens is 2. The van der Waals surface area contributed by atoms with E-state index in [4.69, 9.17) is 17.3 Å². The number of nitrogens with zero attached hydrogens (tertiary/aromatic N) is 2. The van der Waals surface area contributed by atoms with Gasteiger partial charge in [0.1, 0.15) is 5.02 Å². The van der Waals surface area contributed by atoms with Gasteiger partial charge in [-0.05, 0) is 24.7 Å². The molecule has 5 nitrogen and oxygen atoms in total. The summed E-state index contributed by atoms with van der Waals surface area (Å²) in [6.07, 6.45) is 6.52. The first-order chi connectivity index (χ1) is 10.0. The van der Waals surface area contributed by atoms with Gasteiger partial charge in [-0.1, -0.05) is 38.3 Å². The second-order valence-electron chi connectivity index (χ2n) is 6.28. The molecule has 118 valence electrons. The molecule has 2 rings (SSSR count). The highest BCUT2D eigenvalue weighted by Crippen LogP contribution is 2.29. The van der Waals surface area contributed by atoms with E-state index in [9.17, 15) is 4.79 Å². The summed E-state index contributed by atoms with van der Waals surface area (Å²) in [7, 11) is 0. The molecule has 0 radical (unpaired) electrons. The fourth-order valence-corrected chi connectivity index (χ4v) is 3.17. The molecule has 3 N–H and O–H groups in total. The summed E-state index contributed by atoms with van der Waals surface area (Å²) in [5.41, 5.74) is 6.24. The van der Waals surface area contributed by atoms with Gasteiger partial charge in [-0.2, -0.15) is 5.10 Å². The lowest BCUT2D eigenvalue weighted by molar-refractivity contribution is 0.456. The zero-order chi connectivity index (χ0) is 15.4. The lowest BCUT2D eigenvalue weighted by atomic mass is 9.98. The lowest BCUT2D eigenvalue weighted by Gasteiger charge is -2.24. The average molecular weight is 313 g/mol. The number of anilines is 1. The van der Waals surface area contributed by atoms with Gasteiger partial charge in [0, 0.05) is 19.1 Å². The predicted octanol–water partition coefficient (Wildman–Crippen LogP) is 2.48. The van der Waals surface area contributed by atoms with Gasteiger partial charge in [0.15, 0.2) is 0 Å². The third kappa shape index (κ3) is 3.98. The summed E-state index contributed by atoms with van der Waals surface area (Å²) in [5, 5.41) is 7.75. The minimum absolute atomic E-state index is 0.159. The topological polar surface area (TPSA) is 72.9 Å². The maximum Gasteiger partial charge on any atom is 0.287 e. The van der Waals surface area contributed by atoms with Crippen molar-refractivity contribution in [2.24, 2.45) is 17.6 Å². The Balaban J connectivity index is 2.16. The van der Waals surface area contributed by atoms with Crippen LogP contribution < -0.4 is 16.6 Å². The molecule has 1 saturated carbocycles. The molecule has 6 heteroatoms. The Bertz CT molecular complexity index is 523. The fourth-order valence-electron chi connectivity index (χ4n) is 2.97. The molecule has 1 heterocycles. The molecule has 1 unspecified atom stereocenters. The Kier molecular flexibility index (Phi) is 5.65. The molecule has 1 aliphatic rings. The van der Waals surface area contributed by atoms with E-state index in [1.165, 1.54) is 30.4 Å². The van der Waals surface area contributed by atoms with Crippen molar-refractivity contribution in [3.05, 3.63) is 21.6 Å². The van der Waals surface area contributed by atoms with E-state index in [1.54, 1.807) is 6.20 Å². The van der Waals surface area contributed by atoms with Crippen molar-refractivity contribution in [1.82, 2.24) is 9.78 Å². The van der Waals surface area contributed by atoms with E-state index in [0.29, 0.717) is 30.6 Å². The van der Waals surface area contributed by atoms with Crippen molar-refractivity contribution in [2.45, 2.75) is 52.1 Å². The number of nitrogens with one attached hydrogen (secondary N) is 1. The molecule has 0 aliphatic heterocycles. The summed E-state index contributed by atoms with van der Waals surface area (Å²) >= 11 is 6.21. The zero-order valence-corrected chi connectivity index (χ0v) is 13.6. The van der Waals surface area contributed by atoms with Gasteiger partial charge in [0.25, 0.3) is 5.56 Å². The first-order valence-corrected chi connectivity index (χ1v) is 8.13. The van der Waals surface area contributed by atoms with E-state index in [1.807, 2.05) is 13.8 Å². The maximum atomic E-state index is 12.2. The highest BCUT2D eigenvalue weighted by Gasteiger charge is 2.25. The summed E-state index contributed by atoms with van der Waals surface area (Å²) in [6, 6.07) is 0.159. The van der Waals surface area contributed by atoms with Crippen LogP contribution >= 0.6 is 11.6 Å². The molecule has 1 atom stereocenters. The number of rotatable bonds is 6. The molecule has 0 aromatic carbocycles. The van der Waals surface area contributed by atoms with Crippen LogP contribution in [-0.4, -0.2) is 22.4 Å². The zero-order valence-electron chi connectivity index (χ0n) is 12.8. The van der Waals surface area contributed by atoms with E-state index < -0.39 is 0 Å². The van der Waals surface area contributed by atoms with Gasteiger partial charge in [0.05, 0.1) is 11.9 Å². The monoisotopic (exact) mass is 312 g/mol. The minimum Gasteiger partial charge on any atom is -0.378 e. The van der Waals surface area contributed by atoms with Crippen molar-refractivity contribution in [3.8, 4) is 0 Å². The molecule has 21 heavy (non-hydrogen) atoms. The molecule has 1 fully saturated rings. The van der Waals surface area contributed by atoms with Crippen molar-refractivity contribution >= 4 is 17.3 Å². The lowest BCUT2D eigenvalue weighted by Crippen LogP contribution is -2.36. The van der Waals surface area contributed by atoms with Gasteiger partial charge in [-0.25, -0.2) is 4.68 Å². The Morgan fingerprint density at radius 1 is 1.48 bits per heavy atom. The van der Waals surface area contributed by atoms with Crippen molar-refractivity contribution in [1.29, 1.82) is 0 Å². The van der Waals surface area contributed by atoms with Gasteiger partial charge in [-0.3, -0.25) is 4.79 Å². The standard InChI is InChI=1S/C15H25ClN4O/c1-10(2)9-20-15(21)14(16)13(8-18-20)19-12(7-17)11-5-3-4-6-11/h8,10-12,19H,3-7,9,17H2,1-2H3. The average Bonchev–Trinajstić information content (AvgIpc) is 2.97. The molecular formula is C15H25ClN4O. The Labute approximate surface area is 130 Å². The predicted molar refractivity (Wildman–Crippen MR) is 86.8 cm³/mol. The van der Waals surface area contributed by atoms with E-state index in [2.05, 4.69) is 10.4 Å². The van der Waals surface area contributed by atoms with Crippen LogP contribution in [0.4, 0.5) is 5.69 Å². The molecular weight excluding hydrogens is 288 g/mol. The minimum atomic E-state index is -0.238. The highest BCUT2D eigenvalue weighted by molar-refractivity contribution is 6.32. The first kappa shape index (κ1) is 16.3. The second-order valence-corrected chi connectivity index (χ2v) is 6.66. The first-order valence-electron chi connectivity index (χ1n) is 7.75. The van der Waals surface area contributed by atoms with Crippen LogP contribution in [0.2, 0.25) is 5.02 Å².